The molecule has 5 nitrogen and oxygen atoms in total. The standard InChI is InChI=1S/C13H17F2NO4/c14-10-3-1-9(5-11(10)15)2-4-12(20)16-13(6-17,7-18)8-19/h1,3,5,17-19H,2,4,6-8H2,(H,16,20). The third kappa shape index (κ3) is 4.22. The molecule has 4 N–H and O–H groups in total. The number of carbonyl (C=O) groups excluding carboxylic acids is 1. The van der Waals surface area contributed by atoms with E-state index in [2.05, 4.69) is 5.32 Å². The summed E-state index contributed by atoms with van der Waals surface area (Å²) in [5, 5.41) is 29.5. The smallest absolute Gasteiger partial charge is 0.220 e. The molecule has 0 spiro atoms. The van der Waals surface area contributed by atoms with Crippen LogP contribution in [-0.4, -0.2) is 46.6 Å². The topological polar surface area (TPSA) is 89.8 Å². The van der Waals surface area contributed by atoms with Gasteiger partial charge in [-0.2, -0.15) is 0 Å². The van der Waals surface area contributed by atoms with Crippen LogP contribution >= 0.6 is 0 Å². The molecule has 0 bridgehead atoms. The Balaban J connectivity index is 2.56. The summed E-state index contributed by atoms with van der Waals surface area (Å²) in [6, 6.07) is 3.34. The van der Waals surface area contributed by atoms with E-state index in [1.54, 1.807) is 0 Å². The first kappa shape index (κ1) is 16.5. The second-order valence-electron chi connectivity index (χ2n) is 4.55. The fourth-order valence-corrected chi connectivity index (χ4v) is 1.58. The van der Waals surface area contributed by atoms with Crippen molar-refractivity contribution in [1.82, 2.24) is 5.32 Å². The number of aliphatic hydroxyl groups excluding tert-OH is 3. The number of hydrogen-bond donors (Lipinski definition) is 4. The van der Waals surface area contributed by atoms with Crippen LogP contribution < -0.4 is 5.32 Å². The summed E-state index contributed by atoms with van der Waals surface area (Å²) in [5.74, 6) is -2.47. The van der Waals surface area contributed by atoms with E-state index in [4.69, 9.17) is 15.3 Å². The normalized spacial score (nSPS) is 11.4. The van der Waals surface area contributed by atoms with E-state index in [9.17, 15) is 13.6 Å². The second-order valence-corrected chi connectivity index (χ2v) is 4.55. The van der Waals surface area contributed by atoms with Crippen molar-refractivity contribution >= 4 is 5.91 Å². The lowest BCUT2D eigenvalue weighted by molar-refractivity contribution is -0.125. The maximum atomic E-state index is 13.0. The van der Waals surface area contributed by atoms with Gasteiger partial charge in [0.15, 0.2) is 11.6 Å². The van der Waals surface area contributed by atoms with Gasteiger partial charge in [-0.25, -0.2) is 8.78 Å². The Morgan fingerprint density at radius 3 is 2.20 bits per heavy atom. The Bertz CT molecular complexity index is 455. The van der Waals surface area contributed by atoms with Crippen molar-refractivity contribution in [3.63, 3.8) is 0 Å². The molecule has 0 aliphatic rings. The third-order valence-corrected chi connectivity index (χ3v) is 2.94. The Morgan fingerprint density at radius 1 is 1.10 bits per heavy atom. The van der Waals surface area contributed by atoms with Crippen LogP contribution in [0.15, 0.2) is 18.2 Å². The molecule has 1 rings (SSSR count). The first-order valence-corrected chi connectivity index (χ1v) is 6.04. The molecule has 0 atom stereocenters. The molecule has 0 heterocycles. The van der Waals surface area contributed by atoms with Crippen molar-refractivity contribution in [2.24, 2.45) is 0 Å². The van der Waals surface area contributed by atoms with Gasteiger partial charge < -0.3 is 20.6 Å². The van der Waals surface area contributed by atoms with E-state index in [0.29, 0.717) is 5.56 Å². The largest absolute Gasteiger partial charge is 0.394 e. The molecule has 1 amide bonds. The zero-order valence-corrected chi connectivity index (χ0v) is 10.8. The zero-order chi connectivity index (χ0) is 15.2. The Hall–Kier alpha value is -1.57. The number of hydrogen-bond acceptors (Lipinski definition) is 4. The third-order valence-electron chi connectivity index (χ3n) is 2.94. The van der Waals surface area contributed by atoms with E-state index in [1.165, 1.54) is 6.07 Å². The molecule has 0 saturated carbocycles. The maximum Gasteiger partial charge on any atom is 0.220 e. The van der Waals surface area contributed by atoms with Gasteiger partial charge in [0, 0.05) is 6.42 Å². The molecule has 0 aliphatic carbocycles. The van der Waals surface area contributed by atoms with Crippen LogP contribution in [-0.2, 0) is 11.2 Å². The predicted octanol–water partition coefficient (Wildman–Crippen LogP) is -0.271. The lowest BCUT2D eigenvalue weighted by Crippen LogP contribution is -2.57. The predicted molar refractivity (Wildman–Crippen MR) is 66.8 cm³/mol. The fraction of sp³-hybridized carbons (Fsp3) is 0.462. The van der Waals surface area contributed by atoms with Gasteiger partial charge >= 0.3 is 0 Å². The molecule has 20 heavy (non-hydrogen) atoms. The lowest BCUT2D eigenvalue weighted by atomic mass is 10.0. The summed E-state index contributed by atoms with van der Waals surface area (Å²) in [7, 11) is 0. The number of nitrogens with one attached hydrogen (secondary N) is 1. The van der Waals surface area contributed by atoms with Crippen LogP contribution in [0.25, 0.3) is 0 Å². The Labute approximate surface area is 114 Å². The summed E-state index contributed by atoms with van der Waals surface area (Å²) in [5.41, 5.74) is -1.04. The summed E-state index contributed by atoms with van der Waals surface area (Å²) in [4.78, 5) is 11.6. The summed E-state index contributed by atoms with van der Waals surface area (Å²) in [6.45, 7) is -1.84. The highest BCUT2D eigenvalue weighted by Gasteiger charge is 2.29. The minimum atomic E-state index is -1.48. The van der Waals surface area contributed by atoms with Gasteiger partial charge in [-0.1, -0.05) is 6.07 Å². The van der Waals surface area contributed by atoms with Gasteiger partial charge in [-0.3, -0.25) is 4.79 Å². The molecule has 0 aromatic heterocycles. The average molecular weight is 289 g/mol. The SMILES string of the molecule is O=C(CCc1ccc(F)c(F)c1)NC(CO)(CO)CO. The van der Waals surface area contributed by atoms with E-state index in [1.807, 2.05) is 0 Å². The summed E-state index contributed by atoms with van der Waals surface area (Å²) >= 11 is 0. The molecule has 0 aliphatic heterocycles. The van der Waals surface area contributed by atoms with Crippen LogP contribution in [0.2, 0.25) is 0 Å². The van der Waals surface area contributed by atoms with Gasteiger partial charge in [-0.15, -0.1) is 0 Å². The molecular formula is C13H17F2NO4. The van der Waals surface area contributed by atoms with Crippen LogP contribution in [0, 0.1) is 11.6 Å². The minimum Gasteiger partial charge on any atom is -0.394 e. The number of aliphatic hydroxyl groups is 3. The van der Waals surface area contributed by atoms with Crippen molar-refractivity contribution in [3.8, 4) is 0 Å². The van der Waals surface area contributed by atoms with E-state index >= 15 is 0 Å². The second kappa shape index (κ2) is 7.28. The van der Waals surface area contributed by atoms with E-state index < -0.39 is 42.9 Å². The van der Waals surface area contributed by atoms with Crippen molar-refractivity contribution in [3.05, 3.63) is 35.4 Å². The number of amides is 1. The molecule has 0 fully saturated rings. The monoisotopic (exact) mass is 289 g/mol. The van der Waals surface area contributed by atoms with E-state index in [-0.39, 0.29) is 12.8 Å². The highest BCUT2D eigenvalue weighted by molar-refractivity contribution is 5.77. The Kier molecular flexibility index (Phi) is 6.00. The summed E-state index contributed by atoms with van der Waals surface area (Å²) < 4.78 is 25.7. The molecular weight excluding hydrogens is 272 g/mol. The number of halogens is 2. The van der Waals surface area contributed by atoms with Crippen LogP contribution in [0.3, 0.4) is 0 Å². The molecule has 0 radical (unpaired) electrons. The van der Waals surface area contributed by atoms with Gasteiger partial charge in [0.25, 0.3) is 0 Å². The quantitative estimate of drug-likeness (QED) is 0.556. The number of rotatable bonds is 7. The van der Waals surface area contributed by atoms with Crippen LogP contribution in [0.4, 0.5) is 8.78 Å². The van der Waals surface area contributed by atoms with Crippen molar-refractivity contribution in [1.29, 1.82) is 0 Å². The number of aryl methyl sites for hydroxylation is 1. The molecule has 1 aromatic rings. The van der Waals surface area contributed by atoms with Crippen LogP contribution in [0.5, 0.6) is 0 Å². The minimum absolute atomic E-state index is 0.0488. The van der Waals surface area contributed by atoms with Gasteiger partial charge in [-0.05, 0) is 24.1 Å². The first-order chi connectivity index (χ1) is 9.46. The number of carbonyl (C=O) groups is 1. The Morgan fingerprint density at radius 2 is 1.70 bits per heavy atom. The van der Waals surface area contributed by atoms with Crippen molar-refractivity contribution in [2.45, 2.75) is 18.4 Å². The first-order valence-electron chi connectivity index (χ1n) is 6.04. The molecule has 112 valence electrons. The fourth-order valence-electron chi connectivity index (χ4n) is 1.58. The van der Waals surface area contributed by atoms with Gasteiger partial charge in [0.05, 0.1) is 19.8 Å². The molecule has 0 unspecified atom stereocenters. The van der Waals surface area contributed by atoms with E-state index in [0.717, 1.165) is 12.1 Å². The molecule has 7 heteroatoms. The van der Waals surface area contributed by atoms with Crippen LogP contribution in [0.1, 0.15) is 12.0 Å². The maximum absolute atomic E-state index is 13.0. The van der Waals surface area contributed by atoms with Crippen molar-refractivity contribution in [2.75, 3.05) is 19.8 Å². The van der Waals surface area contributed by atoms with Gasteiger partial charge in [0.1, 0.15) is 5.54 Å². The molecule has 1 aromatic carbocycles. The molecule has 0 saturated heterocycles. The van der Waals surface area contributed by atoms with Crippen molar-refractivity contribution < 1.29 is 28.9 Å². The van der Waals surface area contributed by atoms with Gasteiger partial charge in [0.2, 0.25) is 5.91 Å². The average Bonchev–Trinajstić information content (AvgIpc) is 2.46. The zero-order valence-electron chi connectivity index (χ0n) is 10.8. The highest BCUT2D eigenvalue weighted by Crippen LogP contribution is 2.11. The highest BCUT2D eigenvalue weighted by atomic mass is 19.2. The summed E-state index contributed by atoms with van der Waals surface area (Å²) in [6.07, 6.45) is 0.119. The number of benzene rings is 1. The lowest BCUT2D eigenvalue weighted by Gasteiger charge is -2.28.